The molecule has 2 rings (SSSR count). The molecule has 0 bridgehead atoms. The molecule has 152 valence electrons. The summed E-state index contributed by atoms with van der Waals surface area (Å²) >= 11 is 1.73. The minimum absolute atomic E-state index is 0.301. The van der Waals surface area contributed by atoms with Gasteiger partial charge in [0.25, 0.3) is 0 Å². The highest BCUT2D eigenvalue weighted by Gasteiger charge is 2.28. The van der Waals surface area contributed by atoms with Crippen LogP contribution in [0.25, 0.3) is 0 Å². The van der Waals surface area contributed by atoms with Crippen LogP contribution in [0.5, 0.6) is 0 Å². The lowest BCUT2D eigenvalue weighted by Crippen LogP contribution is -2.48. The van der Waals surface area contributed by atoms with Gasteiger partial charge < -0.3 is 5.32 Å². The third-order valence-electron chi connectivity index (χ3n) is 4.34. The Kier molecular flexibility index (Phi) is 8.38. The van der Waals surface area contributed by atoms with Gasteiger partial charge in [-0.2, -0.15) is 11.8 Å². The number of thioether (sulfide) groups is 1. The number of aryl methyl sites for hydroxylation is 1. The fraction of sp³-hybridized carbons (Fsp3) is 0.381. The fourth-order valence-corrected chi connectivity index (χ4v) is 4.84. The molecule has 1 N–H and O–H groups in total. The summed E-state index contributed by atoms with van der Waals surface area (Å²) in [5, 5.41) is 2.85. The van der Waals surface area contributed by atoms with Crippen molar-refractivity contribution in [2.24, 2.45) is 0 Å². The zero-order chi connectivity index (χ0) is 20.6. The van der Waals surface area contributed by atoms with Gasteiger partial charge in [0.15, 0.2) is 0 Å². The molecule has 0 saturated carbocycles. The van der Waals surface area contributed by atoms with Crippen LogP contribution in [-0.4, -0.2) is 38.9 Å². The summed E-state index contributed by atoms with van der Waals surface area (Å²) in [6.07, 6.45) is 2.00. The summed E-state index contributed by atoms with van der Waals surface area (Å²) in [6, 6.07) is 16.6. The van der Waals surface area contributed by atoms with Crippen LogP contribution in [0.2, 0.25) is 0 Å². The first-order valence-corrected chi connectivity index (χ1v) is 12.3. The van der Waals surface area contributed by atoms with Gasteiger partial charge in [0.05, 0.1) is 11.9 Å². The predicted molar refractivity (Wildman–Crippen MR) is 118 cm³/mol. The molecule has 0 heterocycles. The Bertz CT molecular complexity index is 853. The summed E-state index contributed by atoms with van der Waals surface area (Å²) in [5.41, 5.74) is 2.86. The maximum absolute atomic E-state index is 12.5. The van der Waals surface area contributed by atoms with E-state index in [2.05, 4.69) is 17.4 Å². The number of carbonyl (C=O) groups is 1. The lowest BCUT2D eigenvalue weighted by molar-refractivity contribution is -0.121. The first-order chi connectivity index (χ1) is 13.3. The monoisotopic (exact) mass is 420 g/mol. The second kappa shape index (κ2) is 10.5. The molecule has 2 aromatic carbocycles. The van der Waals surface area contributed by atoms with Crippen molar-refractivity contribution in [3.8, 4) is 0 Å². The molecular weight excluding hydrogens is 392 g/mol. The number of anilines is 1. The third-order valence-corrected chi connectivity index (χ3v) is 6.62. The van der Waals surface area contributed by atoms with Gasteiger partial charge in [-0.05, 0) is 36.6 Å². The first-order valence-electron chi connectivity index (χ1n) is 9.30. The van der Waals surface area contributed by atoms with E-state index >= 15 is 0 Å². The molecule has 0 radical (unpaired) electrons. The number of nitrogens with zero attached hydrogens (tertiary/aromatic N) is 1. The van der Waals surface area contributed by atoms with Crippen LogP contribution in [0.3, 0.4) is 0 Å². The summed E-state index contributed by atoms with van der Waals surface area (Å²) in [4.78, 5) is 12.5. The summed E-state index contributed by atoms with van der Waals surface area (Å²) in [7, 11) is -3.59. The average molecular weight is 421 g/mol. The fourth-order valence-electron chi connectivity index (χ4n) is 2.85. The largest absolute Gasteiger partial charge is 0.353 e. The molecule has 28 heavy (non-hydrogen) atoms. The zero-order valence-electron chi connectivity index (χ0n) is 16.6. The SMILES string of the molecule is CCc1ccc(N(C(C)C(=O)NCCSCc2ccccc2)S(C)(=O)=O)cc1. The van der Waals surface area contributed by atoms with Crippen LogP contribution >= 0.6 is 11.8 Å². The minimum atomic E-state index is -3.59. The van der Waals surface area contributed by atoms with E-state index in [-0.39, 0.29) is 5.91 Å². The number of rotatable bonds is 10. The number of hydrogen-bond acceptors (Lipinski definition) is 4. The number of sulfonamides is 1. The first kappa shape index (κ1) is 22.3. The van der Waals surface area contributed by atoms with Gasteiger partial charge in [-0.3, -0.25) is 9.10 Å². The normalized spacial score (nSPS) is 12.4. The molecule has 1 atom stereocenters. The van der Waals surface area contributed by atoms with E-state index in [9.17, 15) is 13.2 Å². The molecule has 0 aliphatic carbocycles. The van der Waals surface area contributed by atoms with Gasteiger partial charge in [0.1, 0.15) is 6.04 Å². The van der Waals surface area contributed by atoms with Crippen LogP contribution in [0, 0.1) is 0 Å². The molecular formula is C21H28N2O3S2. The van der Waals surface area contributed by atoms with Crippen molar-refractivity contribution in [1.82, 2.24) is 5.32 Å². The lowest BCUT2D eigenvalue weighted by Gasteiger charge is -2.28. The van der Waals surface area contributed by atoms with Gasteiger partial charge in [0, 0.05) is 18.1 Å². The highest BCUT2D eigenvalue weighted by atomic mass is 32.2. The Morgan fingerprint density at radius 2 is 1.71 bits per heavy atom. The molecule has 1 amide bonds. The molecule has 5 nitrogen and oxygen atoms in total. The van der Waals surface area contributed by atoms with E-state index in [1.165, 1.54) is 9.87 Å². The molecule has 7 heteroatoms. The number of carbonyl (C=O) groups excluding carboxylic acids is 1. The van der Waals surface area contributed by atoms with Gasteiger partial charge in [0.2, 0.25) is 15.9 Å². The molecule has 2 aromatic rings. The third kappa shape index (κ3) is 6.56. The molecule has 0 aromatic heterocycles. The highest BCUT2D eigenvalue weighted by molar-refractivity contribution is 7.98. The quantitative estimate of drug-likeness (QED) is 0.598. The molecule has 1 unspecified atom stereocenters. The Morgan fingerprint density at radius 3 is 2.29 bits per heavy atom. The number of benzene rings is 2. The van der Waals surface area contributed by atoms with Crippen LogP contribution in [0.4, 0.5) is 5.69 Å². The Morgan fingerprint density at radius 1 is 1.07 bits per heavy atom. The predicted octanol–water partition coefficient (Wildman–Crippen LogP) is 3.45. The van der Waals surface area contributed by atoms with Crippen LogP contribution in [-0.2, 0) is 27.0 Å². The highest BCUT2D eigenvalue weighted by Crippen LogP contribution is 2.21. The molecule has 0 saturated heterocycles. The smallest absolute Gasteiger partial charge is 0.243 e. The van der Waals surface area contributed by atoms with E-state index in [0.717, 1.165) is 29.7 Å². The number of nitrogens with one attached hydrogen (secondary N) is 1. The second-order valence-corrected chi connectivity index (χ2v) is 9.55. The van der Waals surface area contributed by atoms with Gasteiger partial charge in [-0.1, -0.05) is 49.4 Å². The van der Waals surface area contributed by atoms with Crippen molar-refractivity contribution in [2.75, 3.05) is 22.9 Å². The lowest BCUT2D eigenvalue weighted by atomic mass is 10.1. The van der Waals surface area contributed by atoms with Gasteiger partial charge in [-0.25, -0.2) is 8.42 Å². The average Bonchev–Trinajstić information content (AvgIpc) is 2.68. The van der Waals surface area contributed by atoms with Crippen molar-refractivity contribution in [3.63, 3.8) is 0 Å². The second-order valence-electron chi connectivity index (χ2n) is 6.58. The van der Waals surface area contributed by atoms with Crippen LogP contribution in [0.15, 0.2) is 54.6 Å². The Hall–Kier alpha value is -1.99. The van der Waals surface area contributed by atoms with Crippen molar-refractivity contribution in [1.29, 1.82) is 0 Å². The topological polar surface area (TPSA) is 66.5 Å². The number of hydrogen-bond donors (Lipinski definition) is 1. The summed E-state index contributed by atoms with van der Waals surface area (Å²) in [5.74, 6) is 1.34. The van der Waals surface area contributed by atoms with Crippen molar-refractivity contribution < 1.29 is 13.2 Å². The van der Waals surface area contributed by atoms with Crippen molar-refractivity contribution >= 4 is 33.4 Å². The molecule has 0 aliphatic heterocycles. The van der Waals surface area contributed by atoms with Crippen molar-refractivity contribution in [2.45, 2.75) is 32.1 Å². The molecule has 0 aliphatic rings. The maximum Gasteiger partial charge on any atom is 0.243 e. The van der Waals surface area contributed by atoms with E-state index in [4.69, 9.17) is 0 Å². The van der Waals surface area contributed by atoms with Gasteiger partial charge in [-0.15, -0.1) is 0 Å². The molecule has 0 spiro atoms. The summed E-state index contributed by atoms with van der Waals surface area (Å²) < 4.78 is 25.8. The molecule has 0 fully saturated rings. The Balaban J connectivity index is 1.91. The van der Waals surface area contributed by atoms with Crippen LogP contribution < -0.4 is 9.62 Å². The minimum Gasteiger partial charge on any atom is -0.353 e. The van der Waals surface area contributed by atoms with Crippen LogP contribution in [0.1, 0.15) is 25.0 Å². The van der Waals surface area contributed by atoms with E-state index < -0.39 is 16.1 Å². The van der Waals surface area contributed by atoms with E-state index in [1.807, 2.05) is 37.3 Å². The standard InChI is InChI=1S/C21H28N2O3S2/c1-4-18-10-12-20(13-11-18)23(28(3,25)26)17(2)21(24)22-14-15-27-16-19-8-6-5-7-9-19/h5-13,17H,4,14-16H2,1-3H3,(H,22,24). The van der Waals surface area contributed by atoms with E-state index in [1.54, 1.807) is 30.8 Å². The van der Waals surface area contributed by atoms with E-state index in [0.29, 0.717) is 12.2 Å². The van der Waals surface area contributed by atoms with Crippen molar-refractivity contribution in [3.05, 3.63) is 65.7 Å². The summed E-state index contributed by atoms with van der Waals surface area (Å²) in [6.45, 7) is 4.14. The maximum atomic E-state index is 12.5. The number of amides is 1. The van der Waals surface area contributed by atoms with Gasteiger partial charge >= 0.3 is 0 Å². The Labute approximate surface area is 172 Å². The zero-order valence-corrected chi connectivity index (χ0v) is 18.2.